The lowest BCUT2D eigenvalue weighted by atomic mass is 9.94. The molecule has 1 aliphatic heterocycles. The Kier molecular flexibility index (Phi) is 5.77. The molecular formula is C12H25N3O. The van der Waals surface area contributed by atoms with Gasteiger partial charge in [0.25, 0.3) is 0 Å². The van der Waals surface area contributed by atoms with E-state index in [9.17, 15) is 4.79 Å². The summed E-state index contributed by atoms with van der Waals surface area (Å²) in [5.74, 6) is 0.846. The molecule has 0 saturated carbocycles. The van der Waals surface area contributed by atoms with Crippen LogP contribution in [0.25, 0.3) is 0 Å². The van der Waals surface area contributed by atoms with Crippen molar-refractivity contribution in [2.45, 2.75) is 32.7 Å². The standard InChI is InChI=1S/C12H25N3O/c1-4-14-12(16)6-8-15-7-5-11(13-3)10(2)9-15/h10-11,13H,4-9H2,1-3H3,(H,14,16). The Morgan fingerprint density at radius 1 is 1.50 bits per heavy atom. The van der Waals surface area contributed by atoms with E-state index in [4.69, 9.17) is 0 Å². The molecule has 2 unspecified atom stereocenters. The highest BCUT2D eigenvalue weighted by atomic mass is 16.1. The number of nitrogens with zero attached hydrogens (tertiary/aromatic N) is 1. The van der Waals surface area contributed by atoms with Crippen molar-refractivity contribution in [1.29, 1.82) is 0 Å². The van der Waals surface area contributed by atoms with Gasteiger partial charge in [0.2, 0.25) is 5.91 Å². The summed E-state index contributed by atoms with van der Waals surface area (Å²) in [5, 5.41) is 6.19. The number of likely N-dealkylation sites (tertiary alicyclic amines) is 1. The minimum absolute atomic E-state index is 0.172. The van der Waals surface area contributed by atoms with Crippen LogP contribution < -0.4 is 10.6 Å². The van der Waals surface area contributed by atoms with Crippen LogP contribution in [0.1, 0.15) is 26.7 Å². The second kappa shape index (κ2) is 6.86. The van der Waals surface area contributed by atoms with E-state index >= 15 is 0 Å². The number of hydrogen-bond donors (Lipinski definition) is 2. The third kappa shape index (κ3) is 4.10. The van der Waals surface area contributed by atoms with Gasteiger partial charge in [0.05, 0.1) is 0 Å². The second-order valence-corrected chi connectivity index (χ2v) is 4.67. The largest absolute Gasteiger partial charge is 0.356 e. The lowest BCUT2D eigenvalue weighted by Gasteiger charge is -2.36. The van der Waals surface area contributed by atoms with Gasteiger partial charge in [-0.25, -0.2) is 0 Å². The van der Waals surface area contributed by atoms with Gasteiger partial charge in [-0.1, -0.05) is 6.92 Å². The SMILES string of the molecule is CCNC(=O)CCN1CCC(NC)C(C)C1. The first-order valence-electron chi connectivity index (χ1n) is 6.33. The fraction of sp³-hybridized carbons (Fsp3) is 0.917. The van der Waals surface area contributed by atoms with Gasteiger partial charge in [0.1, 0.15) is 0 Å². The van der Waals surface area contributed by atoms with Crippen molar-refractivity contribution < 1.29 is 4.79 Å². The minimum Gasteiger partial charge on any atom is -0.356 e. The zero-order chi connectivity index (χ0) is 12.0. The summed E-state index contributed by atoms with van der Waals surface area (Å²) in [5.41, 5.74) is 0. The molecule has 2 N–H and O–H groups in total. The van der Waals surface area contributed by atoms with Gasteiger partial charge in [0, 0.05) is 32.1 Å². The van der Waals surface area contributed by atoms with Crippen molar-refractivity contribution in [3.63, 3.8) is 0 Å². The molecule has 0 aliphatic carbocycles. The molecule has 1 rings (SSSR count). The quantitative estimate of drug-likeness (QED) is 0.716. The van der Waals surface area contributed by atoms with Crippen LogP contribution in [-0.2, 0) is 4.79 Å². The molecule has 1 saturated heterocycles. The van der Waals surface area contributed by atoms with E-state index in [1.165, 1.54) is 6.42 Å². The fourth-order valence-corrected chi connectivity index (χ4v) is 2.41. The molecule has 94 valence electrons. The Hall–Kier alpha value is -0.610. The lowest BCUT2D eigenvalue weighted by Crippen LogP contribution is -2.47. The van der Waals surface area contributed by atoms with Crippen molar-refractivity contribution in [3.05, 3.63) is 0 Å². The van der Waals surface area contributed by atoms with Crippen LogP contribution in [0.15, 0.2) is 0 Å². The molecule has 4 heteroatoms. The Morgan fingerprint density at radius 2 is 2.25 bits per heavy atom. The average Bonchev–Trinajstić information content (AvgIpc) is 2.27. The summed E-state index contributed by atoms with van der Waals surface area (Å²) in [4.78, 5) is 13.7. The van der Waals surface area contributed by atoms with Crippen LogP contribution in [0.4, 0.5) is 0 Å². The number of carbonyl (C=O) groups is 1. The van der Waals surface area contributed by atoms with E-state index in [1.807, 2.05) is 14.0 Å². The van der Waals surface area contributed by atoms with E-state index in [0.717, 1.165) is 26.2 Å². The lowest BCUT2D eigenvalue weighted by molar-refractivity contribution is -0.121. The summed E-state index contributed by atoms with van der Waals surface area (Å²) in [6.07, 6.45) is 1.82. The maximum absolute atomic E-state index is 11.3. The highest BCUT2D eigenvalue weighted by Gasteiger charge is 2.24. The highest BCUT2D eigenvalue weighted by Crippen LogP contribution is 2.16. The molecule has 2 atom stereocenters. The Balaban J connectivity index is 2.22. The maximum Gasteiger partial charge on any atom is 0.221 e. The summed E-state index contributed by atoms with van der Waals surface area (Å²) in [7, 11) is 2.03. The normalized spacial score (nSPS) is 26.7. The zero-order valence-corrected chi connectivity index (χ0v) is 10.8. The van der Waals surface area contributed by atoms with Crippen LogP contribution in [0.2, 0.25) is 0 Å². The highest BCUT2D eigenvalue weighted by molar-refractivity contribution is 5.75. The number of carbonyl (C=O) groups excluding carboxylic acids is 1. The summed E-state index contributed by atoms with van der Waals surface area (Å²) >= 11 is 0. The summed E-state index contributed by atoms with van der Waals surface area (Å²) < 4.78 is 0. The van der Waals surface area contributed by atoms with Gasteiger partial charge in [-0.3, -0.25) is 4.79 Å². The first-order valence-corrected chi connectivity index (χ1v) is 6.33. The molecule has 1 aliphatic rings. The number of rotatable bonds is 5. The summed E-state index contributed by atoms with van der Waals surface area (Å²) in [6.45, 7) is 8.07. The van der Waals surface area contributed by atoms with E-state index in [-0.39, 0.29) is 5.91 Å². The van der Waals surface area contributed by atoms with E-state index in [0.29, 0.717) is 18.4 Å². The van der Waals surface area contributed by atoms with Gasteiger partial charge in [-0.15, -0.1) is 0 Å². The monoisotopic (exact) mass is 227 g/mol. The number of nitrogens with one attached hydrogen (secondary N) is 2. The molecule has 0 aromatic heterocycles. The average molecular weight is 227 g/mol. The number of piperidine rings is 1. The van der Waals surface area contributed by atoms with Gasteiger partial charge < -0.3 is 15.5 Å². The van der Waals surface area contributed by atoms with Crippen molar-refractivity contribution in [2.75, 3.05) is 33.2 Å². The fourth-order valence-electron chi connectivity index (χ4n) is 2.41. The number of amides is 1. The molecular weight excluding hydrogens is 202 g/mol. The Morgan fingerprint density at radius 3 is 2.81 bits per heavy atom. The molecule has 4 nitrogen and oxygen atoms in total. The van der Waals surface area contributed by atoms with E-state index < -0.39 is 0 Å². The van der Waals surface area contributed by atoms with Crippen LogP contribution in [-0.4, -0.2) is 50.1 Å². The molecule has 1 heterocycles. The predicted octanol–water partition coefficient (Wildman–Crippen LogP) is 0.442. The van der Waals surface area contributed by atoms with Crippen LogP contribution in [0.5, 0.6) is 0 Å². The van der Waals surface area contributed by atoms with Crippen LogP contribution >= 0.6 is 0 Å². The molecule has 0 bridgehead atoms. The van der Waals surface area contributed by atoms with Gasteiger partial charge in [-0.2, -0.15) is 0 Å². The molecule has 1 fully saturated rings. The zero-order valence-electron chi connectivity index (χ0n) is 10.8. The van der Waals surface area contributed by atoms with Crippen molar-refractivity contribution in [3.8, 4) is 0 Å². The maximum atomic E-state index is 11.3. The molecule has 0 aromatic rings. The van der Waals surface area contributed by atoms with E-state index in [2.05, 4.69) is 22.5 Å². The second-order valence-electron chi connectivity index (χ2n) is 4.67. The first kappa shape index (κ1) is 13.5. The molecule has 0 aromatic carbocycles. The minimum atomic E-state index is 0.172. The smallest absolute Gasteiger partial charge is 0.221 e. The third-order valence-electron chi connectivity index (χ3n) is 3.39. The van der Waals surface area contributed by atoms with Crippen molar-refractivity contribution in [1.82, 2.24) is 15.5 Å². The summed E-state index contributed by atoms with van der Waals surface area (Å²) in [6, 6.07) is 0.640. The number of hydrogen-bond acceptors (Lipinski definition) is 3. The topological polar surface area (TPSA) is 44.4 Å². The third-order valence-corrected chi connectivity index (χ3v) is 3.39. The van der Waals surface area contributed by atoms with Crippen LogP contribution in [0, 0.1) is 5.92 Å². The van der Waals surface area contributed by atoms with E-state index in [1.54, 1.807) is 0 Å². The molecule has 1 amide bonds. The van der Waals surface area contributed by atoms with Crippen molar-refractivity contribution >= 4 is 5.91 Å². The predicted molar refractivity (Wildman–Crippen MR) is 66.4 cm³/mol. The molecule has 16 heavy (non-hydrogen) atoms. The van der Waals surface area contributed by atoms with Gasteiger partial charge >= 0.3 is 0 Å². The van der Waals surface area contributed by atoms with Gasteiger partial charge in [-0.05, 0) is 32.9 Å². The van der Waals surface area contributed by atoms with Crippen LogP contribution in [0.3, 0.4) is 0 Å². The Bertz CT molecular complexity index is 220. The first-order chi connectivity index (χ1) is 7.67. The molecule has 0 radical (unpaired) electrons. The van der Waals surface area contributed by atoms with Crippen molar-refractivity contribution in [2.24, 2.45) is 5.92 Å². The van der Waals surface area contributed by atoms with Gasteiger partial charge in [0.15, 0.2) is 0 Å². The molecule has 0 spiro atoms. The Labute approximate surface area is 98.8 Å².